The van der Waals surface area contributed by atoms with E-state index in [0.29, 0.717) is 21.4 Å². The largest absolute Gasteiger partial charge is 1.00 e. The van der Waals surface area contributed by atoms with Crippen LogP contribution in [-0.4, -0.2) is 23.9 Å². The monoisotopic (exact) mass is 623 g/mol. The van der Waals surface area contributed by atoms with Crippen LogP contribution in [0.1, 0.15) is 46.0 Å². The third kappa shape index (κ3) is 9.03. The Labute approximate surface area is 271 Å². The van der Waals surface area contributed by atoms with Crippen LogP contribution in [0, 0.1) is 5.82 Å². The second-order valence-corrected chi connectivity index (χ2v) is 9.86. The predicted molar refractivity (Wildman–Crippen MR) is 145 cm³/mol. The molecule has 1 amide bonds. The zero-order valence-corrected chi connectivity index (χ0v) is 25.5. The SMILES string of the molecule is O=C([O-])CCC(=O)OC(c1ccc(F)cc1)C(Cc1ccc(C(F)(F)F)cc1)NC(=O)c1cccc2c(Cl)cccc12.[Na+]. The molecule has 12 heteroatoms. The summed E-state index contributed by atoms with van der Waals surface area (Å²) in [5, 5.41) is 15.3. The van der Waals surface area contributed by atoms with E-state index in [1.54, 1.807) is 36.4 Å². The van der Waals surface area contributed by atoms with E-state index < -0.39 is 60.4 Å². The van der Waals surface area contributed by atoms with Gasteiger partial charge < -0.3 is 20.0 Å². The summed E-state index contributed by atoms with van der Waals surface area (Å²) in [5.74, 6) is -3.60. The molecule has 0 fully saturated rings. The first-order valence-electron chi connectivity index (χ1n) is 12.7. The van der Waals surface area contributed by atoms with Crippen LogP contribution in [0.2, 0.25) is 5.02 Å². The van der Waals surface area contributed by atoms with Crippen molar-refractivity contribution in [2.45, 2.75) is 37.6 Å². The molecule has 0 saturated carbocycles. The average Bonchev–Trinajstić information content (AvgIpc) is 2.95. The van der Waals surface area contributed by atoms with Crippen LogP contribution in [0.3, 0.4) is 0 Å². The van der Waals surface area contributed by atoms with Gasteiger partial charge in [-0.25, -0.2) is 4.39 Å². The molecule has 4 aromatic rings. The summed E-state index contributed by atoms with van der Waals surface area (Å²) in [6, 6.07) is 18.0. The van der Waals surface area contributed by atoms with Crippen molar-refractivity contribution in [3.05, 3.63) is 118 Å². The van der Waals surface area contributed by atoms with Crippen molar-refractivity contribution in [1.29, 1.82) is 0 Å². The Bertz CT molecular complexity index is 1600. The van der Waals surface area contributed by atoms with Crippen molar-refractivity contribution < 1.29 is 71.3 Å². The number of amides is 1. The van der Waals surface area contributed by atoms with E-state index in [4.69, 9.17) is 16.3 Å². The maximum atomic E-state index is 13.8. The first kappa shape index (κ1) is 34.1. The van der Waals surface area contributed by atoms with E-state index in [2.05, 4.69) is 5.32 Å². The Morgan fingerprint density at radius 3 is 2.12 bits per heavy atom. The summed E-state index contributed by atoms with van der Waals surface area (Å²) >= 11 is 6.30. The Hall–Kier alpha value is -3.44. The number of halogens is 5. The number of carboxylic acid groups (broad SMARTS) is 1. The number of carbonyl (C=O) groups is 3. The molecular formula is C31H23ClF4NNaO5. The van der Waals surface area contributed by atoms with Gasteiger partial charge in [-0.1, -0.05) is 60.1 Å². The number of ether oxygens (including phenoxy) is 1. The fraction of sp³-hybridized carbons (Fsp3) is 0.194. The quantitative estimate of drug-likeness (QED) is 0.167. The molecule has 0 aliphatic heterocycles. The Balaban J connectivity index is 0.00000506. The molecule has 0 radical (unpaired) electrons. The number of hydrogen-bond acceptors (Lipinski definition) is 5. The summed E-state index contributed by atoms with van der Waals surface area (Å²) < 4.78 is 58.8. The normalized spacial score (nSPS) is 12.6. The maximum absolute atomic E-state index is 13.8. The van der Waals surface area contributed by atoms with Crippen molar-refractivity contribution >= 4 is 40.2 Å². The van der Waals surface area contributed by atoms with Crippen molar-refractivity contribution in [2.24, 2.45) is 0 Å². The molecule has 1 N–H and O–H groups in total. The van der Waals surface area contributed by atoms with E-state index in [1.165, 1.54) is 24.3 Å². The van der Waals surface area contributed by atoms with Crippen molar-refractivity contribution in [2.75, 3.05) is 0 Å². The Morgan fingerprint density at radius 2 is 1.49 bits per heavy atom. The van der Waals surface area contributed by atoms with E-state index in [-0.39, 0.29) is 47.1 Å². The summed E-state index contributed by atoms with van der Waals surface area (Å²) in [6.45, 7) is 0. The molecule has 0 heterocycles. The molecule has 0 saturated heterocycles. The summed E-state index contributed by atoms with van der Waals surface area (Å²) in [5.41, 5.74) is -0.0136. The third-order valence-electron chi connectivity index (χ3n) is 6.52. The van der Waals surface area contributed by atoms with Gasteiger partial charge in [0.2, 0.25) is 0 Å². The average molecular weight is 624 g/mol. The first-order chi connectivity index (χ1) is 19.9. The Morgan fingerprint density at radius 1 is 0.860 bits per heavy atom. The molecule has 0 bridgehead atoms. The van der Waals surface area contributed by atoms with Crippen LogP contribution in [0.25, 0.3) is 10.8 Å². The van der Waals surface area contributed by atoms with Gasteiger partial charge >= 0.3 is 41.7 Å². The van der Waals surface area contributed by atoms with Crippen LogP contribution in [-0.2, 0) is 26.9 Å². The number of alkyl halides is 3. The number of fused-ring (bicyclic) bond motifs is 1. The molecule has 2 atom stereocenters. The number of hydrogen-bond donors (Lipinski definition) is 1. The van der Waals surface area contributed by atoms with Crippen LogP contribution in [0.15, 0.2) is 84.9 Å². The molecule has 43 heavy (non-hydrogen) atoms. The fourth-order valence-electron chi connectivity index (χ4n) is 4.47. The van der Waals surface area contributed by atoms with Crippen molar-refractivity contribution in [1.82, 2.24) is 5.32 Å². The molecule has 0 aromatic heterocycles. The number of aliphatic carboxylic acids is 1. The van der Waals surface area contributed by atoms with Gasteiger partial charge in [-0.15, -0.1) is 0 Å². The minimum Gasteiger partial charge on any atom is -0.550 e. The molecular weight excluding hydrogens is 601 g/mol. The zero-order chi connectivity index (χ0) is 30.4. The third-order valence-corrected chi connectivity index (χ3v) is 6.85. The van der Waals surface area contributed by atoms with Crippen LogP contribution in [0.5, 0.6) is 0 Å². The number of carboxylic acids is 1. The fourth-order valence-corrected chi connectivity index (χ4v) is 4.71. The molecule has 4 rings (SSSR count). The van der Waals surface area contributed by atoms with Gasteiger partial charge in [0, 0.05) is 21.9 Å². The number of benzene rings is 4. The standard InChI is InChI=1S/C31H24ClF4NO5.Na/c32-25-6-2-3-22-23(25)4-1-5-24(22)30(41)37-26(17-18-7-11-20(12-8-18)31(34,35)36)29(19-9-13-21(33)14-10-19)42-28(40)16-15-27(38)39;/h1-14,26,29H,15-17H2,(H,37,41)(H,38,39);/q;+1/p-1. The van der Waals surface area contributed by atoms with Gasteiger partial charge in [-0.2, -0.15) is 13.2 Å². The van der Waals surface area contributed by atoms with E-state index in [1.807, 2.05) is 0 Å². The maximum Gasteiger partial charge on any atom is 1.00 e. The molecule has 0 aliphatic rings. The van der Waals surface area contributed by atoms with Crippen LogP contribution < -0.4 is 40.0 Å². The number of nitrogens with one attached hydrogen (secondary N) is 1. The van der Waals surface area contributed by atoms with Gasteiger partial charge in [0.15, 0.2) is 0 Å². The van der Waals surface area contributed by atoms with Gasteiger partial charge in [0.25, 0.3) is 5.91 Å². The smallest absolute Gasteiger partial charge is 0.550 e. The number of carbonyl (C=O) groups excluding carboxylic acids is 3. The van der Waals surface area contributed by atoms with Gasteiger partial charge in [0.1, 0.15) is 11.9 Å². The second kappa shape index (κ2) is 14.8. The summed E-state index contributed by atoms with van der Waals surface area (Å²) in [4.78, 5) is 37.2. The van der Waals surface area contributed by atoms with E-state index >= 15 is 0 Å². The minimum atomic E-state index is -4.56. The first-order valence-corrected chi connectivity index (χ1v) is 13.1. The van der Waals surface area contributed by atoms with Crippen molar-refractivity contribution in [3.63, 3.8) is 0 Å². The van der Waals surface area contributed by atoms with Gasteiger partial charge in [0.05, 0.1) is 18.0 Å². The molecule has 2 unspecified atom stereocenters. The Kier molecular flexibility index (Phi) is 11.7. The van der Waals surface area contributed by atoms with Crippen LogP contribution in [0.4, 0.5) is 17.6 Å². The zero-order valence-electron chi connectivity index (χ0n) is 22.8. The molecule has 0 spiro atoms. The molecule has 218 valence electrons. The van der Waals surface area contributed by atoms with Crippen molar-refractivity contribution in [3.8, 4) is 0 Å². The van der Waals surface area contributed by atoms with Gasteiger partial charge in [-0.05, 0) is 65.8 Å². The molecule has 0 aliphatic carbocycles. The van der Waals surface area contributed by atoms with Gasteiger partial charge in [-0.3, -0.25) is 9.59 Å². The van der Waals surface area contributed by atoms with Crippen LogP contribution >= 0.6 is 11.6 Å². The predicted octanol–water partition coefficient (Wildman–Crippen LogP) is 2.81. The molecule has 4 aromatic carbocycles. The van der Waals surface area contributed by atoms with E-state index in [0.717, 1.165) is 24.3 Å². The topological polar surface area (TPSA) is 95.5 Å². The summed E-state index contributed by atoms with van der Waals surface area (Å²) in [7, 11) is 0. The van der Waals surface area contributed by atoms with E-state index in [9.17, 15) is 37.1 Å². The minimum absolute atomic E-state index is 0. The molecule has 6 nitrogen and oxygen atoms in total. The summed E-state index contributed by atoms with van der Waals surface area (Å²) in [6.07, 6.45) is -7.10. The number of rotatable bonds is 10. The number of esters is 1. The second-order valence-electron chi connectivity index (χ2n) is 9.45.